The van der Waals surface area contributed by atoms with Gasteiger partial charge in [0.05, 0.1) is 12.0 Å². The van der Waals surface area contributed by atoms with Crippen LogP contribution in [0, 0.1) is 5.82 Å². The van der Waals surface area contributed by atoms with E-state index in [0.717, 1.165) is 19.3 Å². The number of likely N-dealkylation sites (tertiary alicyclic amines) is 1. The summed E-state index contributed by atoms with van der Waals surface area (Å²) in [6.45, 7) is 1.04. The van der Waals surface area contributed by atoms with Crippen molar-refractivity contribution < 1.29 is 14.3 Å². The Bertz CT molecular complexity index is 703. The number of rotatable bonds is 5. The number of carbonyl (C=O) groups excluding carboxylic acids is 1. The normalized spacial score (nSPS) is 17.5. The number of hydrogen-bond donors (Lipinski definition) is 2. The van der Waals surface area contributed by atoms with Crippen LogP contribution >= 0.6 is 0 Å². The van der Waals surface area contributed by atoms with Gasteiger partial charge in [0.15, 0.2) is 0 Å². The minimum atomic E-state index is -0.360. The Balaban J connectivity index is 1.61. The summed E-state index contributed by atoms with van der Waals surface area (Å²) in [6.07, 6.45) is 8.38. The summed E-state index contributed by atoms with van der Waals surface area (Å²) in [5.74, 6) is -0.360. The molecule has 2 heterocycles. The monoisotopic (exact) mass is 346 g/mol. The number of aromatic nitrogens is 2. The summed E-state index contributed by atoms with van der Waals surface area (Å²) in [5.41, 5.74) is 1.12. The van der Waals surface area contributed by atoms with Gasteiger partial charge in [-0.05, 0) is 43.4 Å². The Morgan fingerprint density at radius 3 is 3.00 bits per heavy atom. The van der Waals surface area contributed by atoms with E-state index in [9.17, 15) is 9.18 Å². The van der Waals surface area contributed by atoms with E-state index in [4.69, 9.17) is 5.11 Å². The highest BCUT2D eigenvalue weighted by Gasteiger charge is 2.25. The third-order valence-electron chi connectivity index (χ3n) is 4.59. The fourth-order valence-corrected chi connectivity index (χ4v) is 3.27. The predicted molar refractivity (Wildman–Crippen MR) is 91.8 cm³/mol. The lowest BCUT2D eigenvalue weighted by Gasteiger charge is -2.35. The van der Waals surface area contributed by atoms with E-state index in [1.165, 1.54) is 12.4 Å². The van der Waals surface area contributed by atoms with Crippen molar-refractivity contribution >= 4 is 6.03 Å². The van der Waals surface area contributed by atoms with Crippen molar-refractivity contribution in [1.29, 1.82) is 0 Å². The summed E-state index contributed by atoms with van der Waals surface area (Å²) in [5, 5.41) is 12.0. The minimum Gasteiger partial charge on any atom is -0.396 e. The van der Waals surface area contributed by atoms with E-state index in [-0.39, 0.29) is 31.0 Å². The third-order valence-corrected chi connectivity index (χ3v) is 4.59. The Kier molecular flexibility index (Phi) is 5.65. The number of piperidine rings is 1. The minimum absolute atomic E-state index is 0.0787. The van der Waals surface area contributed by atoms with Crippen molar-refractivity contribution in [2.75, 3.05) is 13.2 Å². The van der Waals surface area contributed by atoms with Gasteiger partial charge in [-0.25, -0.2) is 14.2 Å². The van der Waals surface area contributed by atoms with Crippen LogP contribution in [0.4, 0.5) is 9.18 Å². The average molecular weight is 346 g/mol. The maximum Gasteiger partial charge on any atom is 0.317 e. The molecule has 6 nitrogen and oxygen atoms in total. The third kappa shape index (κ3) is 4.17. The van der Waals surface area contributed by atoms with Gasteiger partial charge in [-0.3, -0.25) is 0 Å². The van der Waals surface area contributed by atoms with Crippen molar-refractivity contribution in [2.24, 2.45) is 0 Å². The van der Waals surface area contributed by atoms with E-state index in [2.05, 4.69) is 10.3 Å². The molecule has 1 fully saturated rings. The SMILES string of the molecule is O=C(NCc1ccc(-n2ccnc2)c(F)c1)N1CCCCC1CCO. The molecule has 2 N–H and O–H groups in total. The molecule has 1 aliphatic rings. The van der Waals surface area contributed by atoms with Crippen molar-refractivity contribution in [3.8, 4) is 5.69 Å². The predicted octanol–water partition coefficient (Wildman–Crippen LogP) is 2.46. The van der Waals surface area contributed by atoms with Crippen LogP contribution in [0.1, 0.15) is 31.2 Å². The molecule has 0 saturated carbocycles. The van der Waals surface area contributed by atoms with Crippen LogP contribution in [0.3, 0.4) is 0 Å². The number of imidazole rings is 1. The molecular weight excluding hydrogens is 323 g/mol. The fourth-order valence-electron chi connectivity index (χ4n) is 3.27. The van der Waals surface area contributed by atoms with Gasteiger partial charge >= 0.3 is 6.03 Å². The molecule has 3 rings (SSSR count). The van der Waals surface area contributed by atoms with Gasteiger partial charge in [-0.2, -0.15) is 0 Å². The Labute approximate surface area is 146 Å². The first-order valence-electron chi connectivity index (χ1n) is 8.61. The topological polar surface area (TPSA) is 70.4 Å². The van der Waals surface area contributed by atoms with Gasteiger partial charge in [0.2, 0.25) is 0 Å². The van der Waals surface area contributed by atoms with Gasteiger partial charge in [-0.1, -0.05) is 6.07 Å². The molecule has 1 aliphatic heterocycles. The lowest BCUT2D eigenvalue weighted by molar-refractivity contribution is 0.131. The molecule has 134 valence electrons. The molecule has 0 radical (unpaired) electrons. The highest BCUT2D eigenvalue weighted by molar-refractivity contribution is 5.74. The molecule has 1 unspecified atom stereocenters. The molecule has 1 aromatic heterocycles. The number of urea groups is 1. The number of amides is 2. The molecule has 0 spiro atoms. The average Bonchev–Trinajstić information content (AvgIpc) is 3.15. The van der Waals surface area contributed by atoms with Crippen LogP contribution in [-0.2, 0) is 6.54 Å². The van der Waals surface area contributed by atoms with Crippen LogP contribution in [-0.4, -0.2) is 44.8 Å². The second kappa shape index (κ2) is 8.11. The number of nitrogens with zero attached hydrogens (tertiary/aromatic N) is 3. The van der Waals surface area contributed by atoms with Crippen LogP contribution in [0.2, 0.25) is 0 Å². The Morgan fingerprint density at radius 2 is 2.28 bits per heavy atom. The zero-order valence-corrected chi connectivity index (χ0v) is 14.1. The molecule has 0 bridgehead atoms. The zero-order valence-electron chi connectivity index (χ0n) is 14.1. The molecule has 25 heavy (non-hydrogen) atoms. The van der Waals surface area contributed by atoms with Crippen molar-refractivity contribution in [3.63, 3.8) is 0 Å². The van der Waals surface area contributed by atoms with Crippen molar-refractivity contribution in [3.05, 3.63) is 48.3 Å². The van der Waals surface area contributed by atoms with Gasteiger partial charge in [0.25, 0.3) is 0 Å². The molecule has 2 aromatic rings. The molecule has 1 aromatic carbocycles. The summed E-state index contributed by atoms with van der Waals surface area (Å²) >= 11 is 0. The van der Waals surface area contributed by atoms with Crippen LogP contribution in [0.5, 0.6) is 0 Å². The highest BCUT2D eigenvalue weighted by atomic mass is 19.1. The van der Waals surface area contributed by atoms with Crippen molar-refractivity contribution in [2.45, 2.75) is 38.3 Å². The van der Waals surface area contributed by atoms with E-state index in [1.54, 1.807) is 34.0 Å². The summed E-state index contributed by atoms with van der Waals surface area (Å²) < 4.78 is 15.9. The maximum atomic E-state index is 14.3. The van der Waals surface area contributed by atoms with E-state index in [0.29, 0.717) is 24.2 Å². The first-order valence-corrected chi connectivity index (χ1v) is 8.61. The number of halogens is 1. The number of hydrogen-bond acceptors (Lipinski definition) is 3. The zero-order chi connectivity index (χ0) is 17.6. The fraction of sp³-hybridized carbons (Fsp3) is 0.444. The molecule has 0 aliphatic carbocycles. The van der Waals surface area contributed by atoms with E-state index in [1.807, 2.05) is 0 Å². The lowest BCUT2D eigenvalue weighted by atomic mass is 10.0. The van der Waals surface area contributed by atoms with Gasteiger partial charge in [0, 0.05) is 38.1 Å². The Morgan fingerprint density at radius 1 is 1.40 bits per heavy atom. The molecule has 1 atom stereocenters. The smallest absolute Gasteiger partial charge is 0.317 e. The first kappa shape index (κ1) is 17.4. The highest BCUT2D eigenvalue weighted by Crippen LogP contribution is 2.20. The molecular formula is C18H23FN4O2. The van der Waals surface area contributed by atoms with Gasteiger partial charge in [-0.15, -0.1) is 0 Å². The van der Waals surface area contributed by atoms with Crippen LogP contribution in [0.25, 0.3) is 5.69 Å². The van der Waals surface area contributed by atoms with Crippen LogP contribution in [0.15, 0.2) is 36.9 Å². The second-order valence-electron chi connectivity index (χ2n) is 6.27. The molecule has 1 saturated heterocycles. The quantitative estimate of drug-likeness (QED) is 0.874. The molecule has 2 amide bonds. The van der Waals surface area contributed by atoms with E-state index >= 15 is 0 Å². The van der Waals surface area contributed by atoms with Crippen molar-refractivity contribution in [1.82, 2.24) is 19.8 Å². The largest absolute Gasteiger partial charge is 0.396 e. The first-order chi connectivity index (χ1) is 12.2. The lowest BCUT2D eigenvalue weighted by Crippen LogP contribution is -2.48. The Hall–Kier alpha value is -2.41. The summed E-state index contributed by atoms with van der Waals surface area (Å²) in [4.78, 5) is 18.1. The summed E-state index contributed by atoms with van der Waals surface area (Å²) in [6, 6.07) is 4.82. The van der Waals surface area contributed by atoms with Crippen LogP contribution < -0.4 is 5.32 Å². The number of aliphatic hydroxyl groups excluding tert-OH is 1. The maximum absolute atomic E-state index is 14.3. The number of nitrogens with one attached hydrogen (secondary N) is 1. The molecule has 7 heteroatoms. The van der Waals surface area contributed by atoms with Gasteiger partial charge < -0.3 is 19.9 Å². The second-order valence-corrected chi connectivity index (χ2v) is 6.27. The standard InChI is InChI=1S/C18H23FN4O2/c19-16-11-14(4-5-17(16)22-9-7-20-13-22)12-21-18(25)23-8-2-1-3-15(23)6-10-24/h4-5,7,9,11,13,15,24H,1-3,6,8,10,12H2,(H,21,25). The number of aliphatic hydroxyl groups is 1. The number of carbonyl (C=O) groups is 1. The van der Waals surface area contributed by atoms with Gasteiger partial charge in [0.1, 0.15) is 5.82 Å². The number of benzene rings is 1. The summed E-state index contributed by atoms with van der Waals surface area (Å²) in [7, 11) is 0. The van der Waals surface area contributed by atoms with E-state index < -0.39 is 0 Å².